The molecule has 1 heterocycles. The van der Waals surface area contributed by atoms with Gasteiger partial charge in [0.2, 0.25) is 0 Å². The quantitative estimate of drug-likeness (QED) is 0.653. The lowest BCUT2D eigenvalue weighted by atomic mass is 10.1. The van der Waals surface area contributed by atoms with Crippen molar-refractivity contribution in [3.63, 3.8) is 0 Å². The second kappa shape index (κ2) is 7.34. The molecule has 1 aliphatic rings. The van der Waals surface area contributed by atoms with Crippen molar-refractivity contribution in [3.8, 4) is 0 Å². The first kappa shape index (κ1) is 16.3. The Bertz CT molecular complexity index is 763. The summed E-state index contributed by atoms with van der Waals surface area (Å²) in [6.07, 6.45) is 3.03. The van der Waals surface area contributed by atoms with Crippen molar-refractivity contribution < 1.29 is 0 Å². The molecule has 1 aromatic heterocycles. The second-order valence-corrected chi connectivity index (χ2v) is 6.37. The maximum absolute atomic E-state index is 11.8. The lowest BCUT2D eigenvalue weighted by Crippen LogP contribution is -2.38. The third kappa shape index (κ3) is 4.25. The first-order chi connectivity index (χ1) is 11.7. The van der Waals surface area contributed by atoms with Crippen LogP contribution >= 0.6 is 0 Å². The summed E-state index contributed by atoms with van der Waals surface area (Å²) in [4.78, 5) is 16.0. The third-order valence-electron chi connectivity index (χ3n) is 4.39. The summed E-state index contributed by atoms with van der Waals surface area (Å²) in [5, 5.41) is 6.75. The maximum atomic E-state index is 11.8. The Kier molecular flexibility index (Phi) is 4.99. The van der Waals surface area contributed by atoms with Crippen LogP contribution in [0.15, 0.2) is 58.4 Å². The van der Waals surface area contributed by atoms with E-state index < -0.39 is 0 Å². The first-order valence-corrected chi connectivity index (χ1v) is 8.36. The molecule has 0 saturated heterocycles. The zero-order chi connectivity index (χ0) is 16.9. The molecule has 1 aromatic carbocycles. The molecule has 2 N–H and O–H groups in total. The van der Waals surface area contributed by atoms with Gasteiger partial charge in [-0.1, -0.05) is 37.3 Å². The van der Waals surface area contributed by atoms with Gasteiger partial charge in [-0.3, -0.25) is 9.79 Å². The molecule has 0 radical (unpaired) electrons. The molecular weight excluding hydrogens is 300 g/mol. The van der Waals surface area contributed by atoms with E-state index in [1.54, 1.807) is 23.7 Å². The Hall–Kier alpha value is -2.56. The Labute approximate surface area is 142 Å². The fraction of sp³-hybridized carbons (Fsp3) is 0.368. The van der Waals surface area contributed by atoms with Crippen LogP contribution in [0.4, 0.5) is 0 Å². The summed E-state index contributed by atoms with van der Waals surface area (Å²) in [5.74, 6) is 1.59. The van der Waals surface area contributed by atoms with Crippen LogP contribution in [-0.4, -0.2) is 23.6 Å². The topological polar surface area (TPSA) is 58.4 Å². The van der Waals surface area contributed by atoms with Gasteiger partial charge in [0.25, 0.3) is 5.56 Å². The SMILES string of the molecule is CN=C(NCc1ccc(Cn2ccccc2=O)cc1)NC1CC1C. The van der Waals surface area contributed by atoms with Gasteiger partial charge in [0.15, 0.2) is 5.96 Å². The van der Waals surface area contributed by atoms with E-state index in [1.807, 2.05) is 12.3 Å². The van der Waals surface area contributed by atoms with Crippen LogP contribution in [0.25, 0.3) is 0 Å². The average Bonchev–Trinajstić information content (AvgIpc) is 3.29. The van der Waals surface area contributed by atoms with Gasteiger partial charge in [0.1, 0.15) is 0 Å². The lowest BCUT2D eigenvalue weighted by Gasteiger charge is -2.12. The van der Waals surface area contributed by atoms with Crippen LogP contribution in [0, 0.1) is 5.92 Å². The molecule has 1 aliphatic carbocycles. The summed E-state index contributed by atoms with van der Waals surface area (Å²) < 4.78 is 1.70. The van der Waals surface area contributed by atoms with Gasteiger partial charge in [0.05, 0.1) is 6.54 Å². The van der Waals surface area contributed by atoms with E-state index in [9.17, 15) is 4.79 Å². The predicted octanol–water partition coefficient (Wildman–Crippen LogP) is 1.97. The zero-order valence-electron chi connectivity index (χ0n) is 14.2. The minimum absolute atomic E-state index is 0.0208. The number of pyridine rings is 1. The highest BCUT2D eigenvalue weighted by molar-refractivity contribution is 5.80. The molecule has 2 atom stereocenters. The molecule has 1 saturated carbocycles. The zero-order valence-corrected chi connectivity index (χ0v) is 14.2. The van der Waals surface area contributed by atoms with Crippen molar-refractivity contribution in [1.82, 2.24) is 15.2 Å². The van der Waals surface area contributed by atoms with Crippen LogP contribution < -0.4 is 16.2 Å². The summed E-state index contributed by atoms with van der Waals surface area (Å²) in [6, 6.07) is 14.1. The Balaban J connectivity index is 1.54. The van der Waals surface area contributed by atoms with E-state index in [-0.39, 0.29) is 5.56 Å². The van der Waals surface area contributed by atoms with Crippen molar-refractivity contribution >= 4 is 5.96 Å². The van der Waals surface area contributed by atoms with Crippen molar-refractivity contribution in [2.24, 2.45) is 10.9 Å². The summed E-state index contributed by atoms with van der Waals surface area (Å²) in [7, 11) is 1.79. The minimum Gasteiger partial charge on any atom is -0.353 e. The van der Waals surface area contributed by atoms with Crippen molar-refractivity contribution in [3.05, 3.63) is 70.1 Å². The smallest absolute Gasteiger partial charge is 0.250 e. The van der Waals surface area contributed by atoms with Crippen LogP contribution in [0.5, 0.6) is 0 Å². The Morgan fingerprint density at radius 2 is 1.92 bits per heavy atom. The molecule has 24 heavy (non-hydrogen) atoms. The van der Waals surface area contributed by atoms with E-state index in [1.165, 1.54) is 12.0 Å². The number of benzene rings is 1. The fourth-order valence-electron chi connectivity index (χ4n) is 2.63. The Morgan fingerprint density at radius 1 is 1.21 bits per heavy atom. The highest BCUT2D eigenvalue weighted by atomic mass is 16.1. The van der Waals surface area contributed by atoms with Crippen LogP contribution in [0.3, 0.4) is 0 Å². The van der Waals surface area contributed by atoms with E-state index in [4.69, 9.17) is 0 Å². The molecule has 2 unspecified atom stereocenters. The van der Waals surface area contributed by atoms with E-state index in [0.29, 0.717) is 12.6 Å². The molecule has 0 spiro atoms. The minimum atomic E-state index is 0.0208. The maximum Gasteiger partial charge on any atom is 0.250 e. The number of rotatable bonds is 5. The highest BCUT2D eigenvalue weighted by Gasteiger charge is 2.33. The average molecular weight is 324 g/mol. The summed E-state index contributed by atoms with van der Waals surface area (Å²) >= 11 is 0. The molecule has 3 rings (SSSR count). The van der Waals surface area contributed by atoms with Gasteiger partial charge in [-0.2, -0.15) is 0 Å². The molecule has 5 heteroatoms. The van der Waals surface area contributed by atoms with Gasteiger partial charge in [0, 0.05) is 31.9 Å². The molecule has 5 nitrogen and oxygen atoms in total. The number of guanidine groups is 1. The predicted molar refractivity (Wildman–Crippen MR) is 97.1 cm³/mol. The molecule has 1 fully saturated rings. The second-order valence-electron chi connectivity index (χ2n) is 6.37. The first-order valence-electron chi connectivity index (χ1n) is 8.36. The van der Waals surface area contributed by atoms with Gasteiger partial charge < -0.3 is 15.2 Å². The number of nitrogens with zero attached hydrogens (tertiary/aromatic N) is 2. The monoisotopic (exact) mass is 324 g/mol. The number of hydrogen-bond acceptors (Lipinski definition) is 2. The third-order valence-corrected chi connectivity index (χ3v) is 4.39. The van der Waals surface area contributed by atoms with Crippen molar-refractivity contribution in [2.75, 3.05) is 7.05 Å². The molecule has 2 aromatic rings. The van der Waals surface area contributed by atoms with Crippen molar-refractivity contribution in [2.45, 2.75) is 32.5 Å². The van der Waals surface area contributed by atoms with Crippen LogP contribution in [-0.2, 0) is 13.1 Å². The number of hydrogen-bond donors (Lipinski definition) is 2. The van der Waals surface area contributed by atoms with Gasteiger partial charge in [-0.05, 0) is 29.5 Å². The molecule has 0 aliphatic heterocycles. The van der Waals surface area contributed by atoms with Gasteiger partial charge in [-0.15, -0.1) is 0 Å². The molecular formula is C19H24N4O. The highest BCUT2D eigenvalue weighted by Crippen LogP contribution is 2.28. The van der Waals surface area contributed by atoms with Crippen molar-refractivity contribution in [1.29, 1.82) is 0 Å². The van der Waals surface area contributed by atoms with E-state index in [0.717, 1.165) is 24.0 Å². The number of nitrogens with one attached hydrogen (secondary N) is 2. The van der Waals surface area contributed by atoms with Crippen LogP contribution in [0.1, 0.15) is 24.5 Å². The lowest BCUT2D eigenvalue weighted by molar-refractivity contribution is 0.755. The molecule has 126 valence electrons. The number of aliphatic imine (C=N–C) groups is 1. The van der Waals surface area contributed by atoms with Gasteiger partial charge in [-0.25, -0.2) is 0 Å². The fourth-order valence-corrected chi connectivity index (χ4v) is 2.63. The number of aromatic nitrogens is 1. The summed E-state index contributed by atoms with van der Waals surface area (Å²) in [5.41, 5.74) is 2.32. The Morgan fingerprint density at radius 3 is 2.54 bits per heavy atom. The largest absolute Gasteiger partial charge is 0.353 e. The normalized spacial score (nSPS) is 19.8. The van der Waals surface area contributed by atoms with Gasteiger partial charge >= 0.3 is 0 Å². The van der Waals surface area contributed by atoms with E-state index in [2.05, 4.69) is 46.8 Å². The molecule has 0 amide bonds. The van der Waals surface area contributed by atoms with Crippen LogP contribution in [0.2, 0.25) is 0 Å². The standard InChI is InChI=1S/C19H24N4O/c1-14-11-17(14)22-19(20-2)21-12-15-6-8-16(9-7-15)13-23-10-4-3-5-18(23)24/h3-10,14,17H,11-13H2,1-2H3,(H2,20,21,22). The molecule has 0 bridgehead atoms. The van der Waals surface area contributed by atoms with E-state index >= 15 is 0 Å². The summed E-state index contributed by atoms with van der Waals surface area (Å²) in [6.45, 7) is 3.56.